The standard InChI is InChI=1S/C16H27N3O/c1-5-10-19-11-9-17-15(19)14(20)16(18(3)4)8-6-7-13(2)12-16/h9,11,13H,5-8,10,12H2,1-4H3. The van der Waals surface area contributed by atoms with Gasteiger partial charge in [-0.05, 0) is 39.3 Å². The van der Waals surface area contributed by atoms with E-state index in [1.807, 2.05) is 24.9 Å². The van der Waals surface area contributed by atoms with Crippen LogP contribution in [0, 0.1) is 5.92 Å². The number of carbonyl (C=O) groups excluding carboxylic acids is 1. The molecule has 1 aliphatic carbocycles. The average Bonchev–Trinajstić information content (AvgIpc) is 2.86. The number of Topliss-reactive ketones (excluding diaryl/α,β-unsaturated/α-hetero) is 1. The number of carbonyl (C=O) groups is 1. The molecule has 20 heavy (non-hydrogen) atoms. The number of nitrogens with zero attached hydrogens (tertiary/aromatic N) is 3. The highest BCUT2D eigenvalue weighted by Crippen LogP contribution is 2.37. The first kappa shape index (κ1) is 15.2. The van der Waals surface area contributed by atoms with E-state index >= 15 is 0 Å². The van der Waals surface area contributed by atoms with Crippen molar-refractivity contribution in [2.75, 3.05) is 14.1 Å². The zero-order chi connectivity index (χ0) is 14.8. The van der Waals surface area contributed by atoms with Crippen molar-refractivity contribution in [3.05, 3.63) is 18.2 Å². The van der Waals surface area contributed by atoms with Crippen LogP contribution < -0.4 is 0 Å². The van der Waals surface area contributed by atoms with Crippen LogP contribution in [-0.4, -0.2) is 39.9 Å². The van der Waals surface area contributed by atoms with Gasteiger partial charge in [0.15, 0.2) is 5.82 Å². The van der Waals surface area contributed by atoms with Crippen molar-refractivity contribution in [2.45, 2.75) is 58.0 Å². The van der Waals surface area contributed by atoms with Gasteiger partial charge in [-0.15, -0.1) is 0 Å². The highest BCUT2D eigenvalue weighted by molar-refractivity contribution is 6.00. The Morgan fingerprint density at radius 3 is 2.90 bits per heavy atom. The minimum Gasteiger partial charge on any atom is -0.328 e. The SMILES string of the molecule is CCCn1ccnc1C(=O)C1(N(C)C)CCCC(C)C1. The highest BCUT2D eigenvalue weighted by atomic mass is 16.1. The summed E-state index contributed by atoms with van der Waals surface area (Å²) in [6.45, 7) is 5.24. The zero-order valence-corrected chi connectivity index (χ0v) is 13.2. The Morgan fingerprint density at radius 1 is 1.55 bits per heavy atom. The van der Waals surface area contributed by atoms with Gasteiger partial charge in [0, 0.05) is 18.9 Å². The maximum absolute atomic E-state index is 13.1. The fourth-order valence-electron chi connectivity index (χ4n) is 3.49. The average molecular weight is 277 g/mol. The van der Waals surface area contributed by atoms with Crippen LogP contribution in [0.4, 0.5) is 0 Å². The van der Waals surface area contributed by atoms with E-state index < -0.39 is 0 Å². The lowest BCUT2D eigenvalue weighted by molar-refractivity contribution is 0.0470. The van der Waals surface area contributed by atoms with Crippen LogP contribution in [0.15, 0.2) is 12.4 Å². The Labute approximate surface area is 122 Å². The van der Waals surface area contributed by atoms with Crippen LogP contribution in [-0.2, 0) is 6.54 Å². The predicted octanol–water partition coefficient (Wildman–Crippen LogP) is 2.99. The molecule has 1 aliphatic rings. The molecule has 0 N–H and O–H groups in total. The largest absolute Gasteiger partial charge is 0.328 e. The van der Waals surface area contributed by atoms with Crippen molar-refractivity contribution >= 4 is 5.78 Å². The number of aromatic nitrogens is 2. The molecule has 0 aromatic carbocycles. The Kier molecular flexibility index (Phi) is 4.63. The molecule has 2 rings (SSSR count). The lowest BCUT2D eigenvalue weighted by Gasteiger charge is -2.43. The van der Waals surface area contributed by atoms with E-state index in [0.29, 0.717) is 11.7 Å². The molecular weight excluding hydrogens is 250 g/mol. The first-order chi connectivity index (χ1) is 9.51. The quantitative estimate of drug-likeness (QED) is 0.777. The summed E-state index contributed by atoms with van der Waals surface area (Å²) in [6, 6.07) is 0. The van der Waals surface area contributed by atoms with Crippen LogP contribution in [0.5, 0.6) is 0 Å². The molecule has 0 spiro atoms. The van der Waals surface area contributed by atoms with E-state index in [1.165, 1.54) is 6.42 Å². The van der Waals surface area contributed by atoms with Crippen LogP contribution in [0.1, 0.15) is 56.6 Å². The highest BCUT2D eigenvalue weighted by Gasteiger charge is 2.45. The number of ketones is 1. The Bertz CT molecular complexity index is 466. The van der Waals surface area contributed by atoms with Gasteiger partial charge in [0.1, 0.15) is 0 Å². The van der Waals surface area contributed by atoms with Gasteiger partial charge in [-0.25, -0.2) is 4.98 Å². The van der Waals surface area contributed by atoms with Crippen molar-refractivity contribution in [3.8, 4) is 0 Å². The molecule has 1 saturated carbocycles. The first-order valence-electron chi connectivity index (χ1n) is 7.74. The van der Waals surface area contributed by atoms with E-state index in [1.54, 1.807) is 6.20 Å². The fraction of sp³-hybridized carbons (Fsp3) is 0.750. The molecule has 1 aromatic heterocycles. The van der Waals surface area contributed by atoms with Crippen LogP contribution in [0.3, 0.4) is 0 Å². The summed E-state index contributed by atoms with van der Waals surface area (Å²) in [7, 11) is 4.06. The molecule has 112 valence electrons. The summed E-state index contributed by atoms with van der Waals surface area (Å²) in [5, 5.41) is 0. The number of hydrogen-bond acceptors (Lipinski definition) is 3. The summed E-state index contributed by atoms with van der Waals surface area (Å²) in [5.74, 6) is 1.44. The zero-order valence-electron chi connectivity index (χ0n) is 13.2. The first-order valence-corrected chi connectivity index (χ1v) is 7.74. The van der Waals surface area contributed by atoms with Gasteiger partial charge in [-0.3, -0.25) is 9.69 Å². The third kappa shape index (κ3) is 2.66. The van der Waals surface area contributed by atoms with E-state index in [-0.39, 0.29) is 11.3 Å². The van der Waals surface area contributed by atoms with Gasteiger partial charge in [0.25, 0.3) is 0 Å². The van der Waals surface area contributed by atoms with Gasteiger partial charge in [0.05, 0.1) is 5.54 Å². The maximum atomic E-state index is 13.1. The van der Waals surface area contributed by atoms with E-state index in [0.717, 1.165) is 32.2 Å². The van der Waals surface area contributed by atoms with Crippen molar-refractivity contribution in [3.63, 3.8) is 0 Å². The van der Waals surface area contributed by atoms with Gasteiger partial charge >= 0.3 is 0 Å². The maximum Gasteiger partial charge on any atom is 0.218 e. The molecule has 2 atom stereocenters. The normalized spacial score (nSPS) is 26.9. The van der Waals surface area contributed by atoms with E-state index in [2.05, 4.69) is 23.7 Å². The Balaban J connectivity index is 2.34. The molecule has 0 aliphatic heterocycles. The van der Waals surface area contributed by atoms with Crippen LogP contribution >= 0.6 is 0 Å². The minimum atomic E-state index is -0.367. The van der Waals surface area contributed by atoms with Gasteiger partial charge in [-0.2, -0.15) is 0 Å². The second kappa shape index (κ2) is 6.08. The van der Waals surface area contributed by atoms with Crippen molar-refractivity contribution in [1.82, 2.24) is 14.5 Å². The number of hydrogen-bond donors (Lipinski definition) is 0. The van der Waals surface area contributed by atoms with Crippen molar-refractivity contribution < 1.29 is 4.79 Å². The molecule has 0 saturated heterocycles. The van der Waals surface area contributed by atoms with Gasteiger partial charge < -0.3 is 4.57 Å². The third-order valence-corrected chi connectivity index (χ3v) is 4.64. The molecule has 2 unspecified atom stereocenters. The topological polar surface area (TPSA) is 38.1 Å². The Hall–Kier alpha value is -1.16. The van der Waals surface area contributed by atoms with Crippen molar-refractivity contribution in [1.29, 1.82) is 0 Å². The second-order valence-corrected chi connectivity index (χ2v) is 6.40. The summed E-state index contributed by atoms with van der Waals surface area (Å²) >= 11 is 0. The summed E-state index contributed by atoms with van der Waals surface area (Å²) in [6.07, 6.45) is 8.93. The van der Waals surface area contributed by atoms with Crippen molar-refractivity contribution in [2.24, 2.45) is 5.92 Å². The Morgan fingerprint density at radius 2 is 2.30 bits per heavy atom. The van der Waals surface area contributed by atoms with Crippen LogP contribution in [0.2, 0.25) is 0 Å². The van der Waals surface area contributed by atoms with Gasteiger partial charge in [-0.1, -0.05) is 26.7 Å². The van der Waals surface area contributed by atoms with E-state index in [9.17, 15) is 4.79 Å². The molecule has 0 amide bonds. The lowest BCUT2D eigenvalue weighted by Crippen LogP contribution is -2.54. The molecule has 0 radical (unpaired) electrons. The predicted molar refractivity (Wildman–Crippen MR) is 80.9 cm³/mol. The van der Waals surface area contributed by atoms with Gasteiger partial charge in [0.2, 0.25) is 5.78 Å². The number of aryl methyl sites for hydroxylation is 1. The summed E-state index contributed by atoms with van der Waals surface area (Å²) in [4.78, 5) is 19.6. The molecule has 1 fully saturated rings. The third-order valence-electron chi connectivity index (χ3n) is 4.64. The summed E-state index contributed by atoms with van der Waals surface area (Å²) < 4.78 is 2.01. The summed E-state index contributed by atoms with van der Waals surface area (Å²) in [5.41, 5.74) is -0.367. The molecule has 1 heterocycles. The number of rotatable bonds is 5. The second-order valence-electron chi connectivity index (χ2n) is 6.40. The minimum absolute atomic E-state index is 0.201. The molecule has 4 nitrogen and oxygen atoms in total. The molecule has 4 heteroatoms. The fourth-order valence-corrected chi connectivity index (χ4v) is 3.49. The smallest absolute Gasteiger partial charge is 0.218 e. The van der Waals surface area contributed by atoms with E-state index in [4.69, 9.17) is 0 Å². The molecule has 1 aromatic rings. The monoisotopic (exact) mass is 277 g/mol. The number of likely N-dealkylation sites (N-methyl/N-ethyl adjacent to an activating group) is 1. The number of imidazole rings is 1. The molecular formula is C16H27N3O. The lowest BCUT2D eigenvalue weighted by atomic mass is 9.73. The molecule has 0 bridgehead atoms. The van der Waals surface area contributed by atoms with Crippen LogP contribution in [0.25, 0.3) is 0 Å².